The van der Waals surface area contributed by atoms with Crippen LogP contribution in [0.5, 0.6) is 0 Å². The van der Waals surface area contributed by atoms with Crippen LogP contribution in [0.2, 0.25) is 0 Å². The Kier molecular flexibility index (Phi) is 6.27. The van der Waals surface area contributed by atoms with Crippen LogP contribution in [0.15, 0.2) is 43.0 Å². The van der Waals surface area contributed by atoms with Gasteiger partial charge in [0.25, 0.3) is 0 Å². The van der Waals surface area contributed by atoms with Gasteiger partial charge in [0.1, 0.15) is 5.41 Å². The number of rotatable bonds is 8. The molecule has 0 saturated heterocycles. The second-order valence-corrected chi connectivity index (χ2v) is 4.18. The van der Waals surface area contributed by atoms with E-state index in [-0.39, 0.29) is 0 Å². The summed E-state index contributed by atoms with van der Waals surface area (Å²) in [6.07, 6.45) is 1.63. The van der Waals surface area contributed by atoms with Crippen molar-refractivity contribution in [2.45, 2.75) is 32.0 Å². The van der Waals surface area contributed by atoms with Crippen LogP contribution in [-0.4, -0.2) is 19.5 Å². The van der Waals surface area contributed by atoms with E-state index in [1.165, 1.54) is 0 Å². The van der Waals surface area contributed by atoms with E-state index in [2.05, 4.69) is 12.6 Å². The molecule has 1 aromatic rings. The van der Waals surface area contributed by atoms with Gasteiger partial charge in [-0.2, -0.15) is 5.26 Å². The maximum atomic E-state index is 9.73. The van der Waals surface area contributed by atoms with Crippen LogP contribution in [0.4, 0.5) is 0 Å². The molecule has 0 bridgehead atoms. The van der Waals surface area contributed by atoms with Crippen molar-refractivity contribution < 1.29 is 9.47 Å². The Hall–Kier alpha value is -1.63. The molecule has 0 amide bonds. The fourth-order valence-corrected chi connectivity index (χ4v) is 2.11. The Labute approximate surface area is 115 Å². The highest BCUT2D eigenvalue weighted by atomic mass is 16.7. The first-order chi connectivity index (χ1) is 9.25. The van der Waals surface area contributed by atoms with Crippen LogP contribution in [0, 0.1) is 11.3 Å². The lowest BCUT2D eigenvalue weighted by Crippen LogP contribution is -2.42. The lowest BCUT2D eigenvalue weighted by atomic mass is 9.78. The molecule has 3 heteroatoms. The van der Waals surface area contributed by atoms with E-state index >= 15 is 0 Å². The van der Waals surface area contributed by atoms with Crippen molar-refractivity contribution in [1.29, 1.82) is 5.26 Å². The molecule has 1 aromatic carbocycles. The molecular weight excluding hydrogens is 238 g/mol. The standard InChI is InChI=1S/C16H21NO2/c1-4-12-16(13-17,14-10-8-7-9-11-14)15(18-5-2)19-6-3/h4,7-11,15H,1,5-6,12H2,2-3H3. The molecule has 1 rings (SSSR count). The molecule has 0 fully saturated rings. The maximum absolute atomic E-state index is 9.73. The average Bonchev–Trinajstić information content (AvgIpc) is 2.46. The third kappa shape index (κ3) is 3.44. The van der Waals surface area contributed by atoms with Crippen LogP contribution in [0.25, 0.3) is 0 Å². The van der Waals surface area contributed by atoms with Gasteiger partial charge < -0.3 is 9.47 Å². The summed E-state index contributed by atoms with van der Waals surface area (Å²) < 4.78 is 11.3. The first-order valence-corrected chi connectivity index (χ1v) is 6.56. The Morgan fingerprint density at radius 2 is 1.84 bits per heavy atom. The molecule has 0 heterocycles. The summed E-state index contributed by atoms with van der Waals surface area (Å²) in [5.74, 6) is 0. The van der Waals surface area contributed by atoms with Gasteiger partial charge in [0.15, 0.2) is 6.29 Å². The molecule has 0 N–H and O–H groups in total. The molecule has 0 radical (unpaired) electrons. The van der Waals surface area contributed by atoms with Gasteiger partial charge in [0, 0.05) is 13.2 Å². The van der Waals surface area contributed by atoms with Gasteiger partial charge in [-0.05, 0) is 25.8 Å². The van der Waals surface area contributed by atoms with E-state index in [1.807, 2.05) is 44.2 Å². The van der Waals surface area contributed by atoms with Gasteiger partial charge in [0.05, 0.1) is 6.07 Å². The van der Waals surface area contributed by atoms with E-state index in [0.717, 1.165) is 5.56 Å². The van der Waals surface area contributed by atoms with Crippen LogP contribution in [0.1, 0.15) is 25.8 Å². The first kappa shape index (κ1) is 15.4. The highest BCUT2D eigenvalue weighted by molar-refractivity contribution is 5.34. The summed E-state index contributed by atoms with van der Waals surface area (Å²) in [4.78, 5) is 0. The molecule has 0 aliphatic heterocycles. The maximum Gasteiger partial charge on any atom is 0.180 e. The number of benzene rings is 1. The smallest absolute Gasteiger partial charge is 0.180 e. The summed E-state index contributed by atoms with van der Waals surface area (Å²) in [7, 11) is 0. The van der Waals surface area contributed by atoms with Crippen molar-refractivity contribution in [2.75, 3.05) is 13.2 Å². The second kappa shape index (κ2) is 7.73. The highest BCUT2D eigenvalue weighted by Gasteiger charge is 2.41. The number of hydrogen-bond donors (Lipinski definition) is 0. The largest absolute Gasteiger partial charge is 0.351 e. The van der Waals surface area contributed by atoms with Crippen molar-refractivity contribution in [3.63, 3.8) is 0 Å². The Morgan fingerprint density at radius 3 is 2.26 bits per heavy atom. The normalized spacial score (nSPS) is 13.8. The SMILES string of the molecule is C=CCC(C#N)(c1ccccc1)C(OCC)OCC. The van der Waals surface area contributed by atoms with E-state index in [9.17, 15) is 5.26 Å². The number of nitrogens with zero attached hydrogens (tertiary/aromatic N) is 1. The minimum Gasteiger partial charge on any atom is -0.351 e. The van der Waals surface area contributed by atoms with Crippen LogP contribution in [0.3, 0.4) is 0 Å². The molecule has 0 aliphatic rings. The quantitative estimate of drug-likeness (QED) is 0.530. The predicted molar refractivity (Wildman–Crippen MR) is 75.6 cm³/mol. The molecule has 1 unspecified atom stereocenters. The average molecular weight is 259 g/mol. The van der Waals surface area contributed by atoms with Crippen molar-refractivity contribution >= 4 is 0 Å². The lowest BCUT2D eigenvalue weighted by Gasteiger charge is -2.34. The fraction of sp³-hybridized carbons (Fsp3) is 0.438. The number of nitriles is 1. The molecule has 0 aliphatic carbocycles. The van der Waals surface area contributed by atoms with Crippen LogP contribution < -0.4 is 0 Å². The zero-order valence-electron chi connectivity index (χ0n) is 11.6. The van der Waals surface area contributed by atoms with Crippen LogP contribution >= 0.6 is 0 Å². The zero-order valence-corrected chi connectivity index (χ0v) is 11.6. The molecule has 0 spiro atoms. The summed E-state index contributed by atoms with van der Waals surface area (Å²) in [5, 5.41) is 9.73. The summed E-state index contributed by atoms with van der Waals surface area (Å²) in [6, 6.07) is 12.0. The van der Waals surface area contributed by atoms with Crippen molar-refractivity contribution in [3.8, 4) is 6.07 Å². The van der Waals surface area contributed by atoms with E-state index < -0.39 is 11.7 Å². The van der Waals surface area contributed by atoms with Gasteiger partial charge in [-0.25, -0.2) is 0 Å². The Morgan fingerprint density at radius 1 is 1.26 bits per heavy atom. The zero-order chi connectivity index (χ0) is 14.1. The molecule has 19 heavy (non-hydrogen) atoms. The summed E-state index contributed by atoms with van der Waals surface area (Å²) in [6.45, 7) is 8.55. The molecular formula is C16H21NO2. The number of allylic oxidation sites excluding steroid dienone is 1. The topological polar surface area (TPSA) is 42.2 Å². The van der Waals surface area contributed by atoms with Gasteiger partial charge in [-0.3, -0.25) is 0 Å². The molecule has 0 saturated carbocycles. The molecule has 102 valence electrons. The summed E-state index contributed by atoms with van der Waals surface area (Å²) in [5.41, 5.74) is 0.0407. The third-order valence-electron chi connectivity index (χ3n) is 2.99. The van der Waals surface area contributed by atoms with Crippen molar-refractivity contribution in [2.24, 2.45) is 0 Å². The van der Waals surface area contributed by atoms with Crippen molar-refractivity contribution in [1.82, 2.24) is 0 Å². The summed E-state index contributed by atoms with van der Waals surface area (Å²) >= 11 is 0. The van der Waals surface area contributed by atoms with Gasteiger partial charge >= 0.3 is 0 Å². The molecule has 0 aromatic heterocycles. The van der Waals surface area contributed by atoms with Gasteiger partial charge in [0.2, 0.25) is 0 Å². The monoisotopic (exact) mass is 259 g/mol. The predicted octanol–water partition coefficient (Wildman–Crippen LogP) is 3.42. The van der Waals surface area contributed by atoms with Gasteiger partial charge in [-0.1, -0.05) is 36.4 Å². The fourth-order valence-electron chi connectivity index (χ4n) is 2.11. The highest BCUT2D eigenvalue weighted by Crippen LogP contribution is 2.34. The van der Waals surface area contributed by atoms with Crippen LogP contribution in [-0.2, 0) is 14.9 Å². The van der Waals surface area contributed by atoms with E-state index in [4.69, 9.17) is 9.47 Å². The van der Waals surface area contributed by atoms with E-state index in [1.54, 1.807) is 6.08 Å². The second-order valence-electron chi connectivity index (χ2n) is 4.18. The van der Waals surface area contributed by atoms with Gasteiger partial charge in [-0.15, -0.1) is 6.58 Å². The van der Waals surface area contributed by atoms with Crippen molar-refractivity contribution in [3.05, 3.63) is 48.6 Å². The minimum atomic E-state index is -0.852. The number of ether oxygens (including phenoxy) is 2. The Bertz CT molecular complexity index is 418. The molecule has 1 atom stereocenters. The minimum absolute atomic E-state index is 0.484. The Balaban J connectivity index is 3.24. The lowest BCUT2D eigenvalue weighted by molar-refractivity contribution is -0.165. The van der Waals surface area contributed by atoms with E-state index in [0.29, 0.717) is 19.6 Å². The third-order valence-corrected chi connectivity index (χ3v) is 2.99. The molecule has 3 nitrogen and oxygen atoms in total. The number of hydrogen-bond acceptors (Lipinski definition) is 3. The first-order valence-electron chi connectivity index (χ1n) is 6.56.